The predicted molar refractivity (Wildman–Crippen MR) is 61.0 cm³/mol. The zero-order chi connectivity index (χ0) is 10.8. The molecule has 0 unspecified atom stereocenters. The van der Waals surface area contributed by atoms with Gasteiger partial charge in [-0.3, -0.25) is 0 Å². The normalized spacial score (nSPS) is 10.3. The molecule has 2 N–H and O–H groups in total. The highest BCUT2D eigenvalue weighted by molar-refractivity contribution is 5.68. The zero-order valence-corrected chi connectivity index (χ0v) is 8.50. The first-order valence-electron chi connectivity index (χ1n) is 4.79. The van der Waals surface area contributed by atoms with E-state index in [2.05, 4.69) is 0 Å². The molecule has 2 aromatic rings. The molecule has 0 aliphatic carbocycles. The van der Waals surface area contributed by atoms with E-state index in [1.165, 1.54) is 12.1 Å². The van der Waals surface area contributed by atoms with Crippen molar-refractivity contribution in [3.8, 4) is 11.1 Å². The molecule has 2 heteroatoms. The van der Waals surface area contributed by atoms with Gasteiger partial charge < -0.3 is 5.73 Å². The van der Waals surface area contributed by atoms with Crippen molar-refractivity contribution < 1.29 is 4.39 Å². The van der Waals surface area contributed by atoms with Crippen molar-refractivity contribution >= 4 is 5.69 Å². The van der Waals surface area contributed by atoms with E-state index < -0.39 is 0 Å². The van der Waals surface area contributed by atoms with Gasteiger partial charge in [-0.25, -0.2) is 4.39 Å². The summed E-state index contributed by atoms with van der Waals surface area (Å²) in [6, 6.07) is 12.2. The largest absolute Gasteiger partial charge is 0.398 e. The van der Waals surface area contributed by atoms with Gasteiger partial charge in [0.15, 0.2) is 0 Å². The summed E-state index contributed by atoms with van der Waals surface area (Å²) in [5.74, 6) is -0.230. The van der Waals surface area contributed by atoms with Gasteiger partial charge in [0, 0.05) is 5.69 Å². The van der Waals surface area contributed by atoms with Crippen LogP contribution < -0.4 is 5.73 Å². The maximum absolute atomic E-state index is 13.0. The maximum Gasteiger partial charge on any atom is 0.123 e. The first-order chi connectivity index (χ1) is 7.16. The van der Waals surface area contributed by atoms with Crippen LogP contribution in [-0.2, 0) is 0 Å². The highest BCUT2D eigenvalue weighted by atomic mass is 19.1. The molecule has 2 rings (SSSR count). The van der Waals surface area contributed by atoms with Crippen molar-refractivity contribution in [2.75, 3.05) is 5.73 Å². The van der Waals surface area contributed by atoms with Crippen molar-refractivity contribution in [3.05, 3.63) is 53.8 Å². The summed E-state index contributed by atoms with van der Waals surface area (Å²) in [5, 5.41) is 0. The molecule has 0 atom stereocenters. The molecule has 0 bridgehead atoms. The minimum absolute atomic E-state index is 0.230. The fraction of sp³-hybridized carbons (Fsp3) is 0.0769. The van der Waals surface area contributed by atoms with Gasteiger partial charge >= 0.3 is 0 Å². The van der Waals surface area contributed by atoms with Crippen molar-refractivity contribution in [1.82, 2.24) is 0 Å². The second-order valence-electron chi connectivity index (χ2n) is 3.58. The lowest BCUT2D eigenvalue weighted by molar-refractivity contribution is 0.628. The smallest absolute Gasteiger partial charge is 0.123 e. The van der Waals surface area contributed by atoms with Gasteiger partial charge in [0.25, 0.3) is 0 Å². The van der Waals surface area contributed by atoms with Crippen LogP contribution in [0.1, 0.15) is 5.56 Å². The van der Waals surface area contributed by atoms with Gasteiger partial charge in [0.05, 0.1) is 0 Å². The van der Waals surface area contributed by atoms with Gasteiger partial charge in [-0.1, -0.05) is 24.3 Å². The maximum atomic E-state index is 13.0. The fourth-order valence-electron chi connectivity index (χ4n) is 1.49. The van der Waals surface area contributed by atoms with E-state index in [-0.39, 0.29) is 5.82 Å². The molecule has 0 saturated heterocycles. The Balaban J connectivity index is 2.50. The molecule has 0 radical (unpaired) electrons. The van der Waals surface area contributed by atoms with Crippen molar-refractivity contribution in [2.45, 2.75) is 6.92 Å². The third-order valence-corrected chi connectivity index (χ3v) is 2.44. The molecule has 76 valence electrons. The summed E-state index contributed by atoms with van der Waals surface area (Å²) < 4.78 is 13.0. The summed E-state index contributed by atoms with van der Waals surface area (Å²) in [4.78, 5) is 0. The Morgan fingerprint density at radius 2 is 1.73 bits per heavy atom. The molecule has 1 nitrogen and oxygen atoms in total. The van der Waals surface area contributed by atoms with Crippen LogP contribution in [0.5, 0.6) is 0 Å². The lowest BCUT2D eigenvalue weighted by Crippen LogP contribution is -1.90. The SMILES string of the molecule is Cc1ccc(-c2cccc(F)c2)cc1N. The predicted octanol–water partition coefficient (Wildman–Crippen LogP) is 3.38. The van der Waals surface area contributed by atoms with E-state index in [1.54, 1.807) is 6.07 Å². The standard InChI is InChI=1S/C13H12FN/c1-9-5-6-11(8-13(9)15)10-3-2-4-12(14)7-10/h2-8H,15H2,1H3. The van der Waals surface area contributed by atoms with Crippen LogP contribution >= 0.6 is 0 Å². The first kappa shape index (κ1) is 9.71. The summed E-state index contributed by atoms with van der Waals surface area (Å²) in [7, 11) is 0. The number of anilines is 1. The Labute approximate surface area is 88.4 Å². The molecular formula is C13H12FN. The number of hydrogen-bond acceptors (Lipinski definition) is 1. The third kappa shape index (κ3) is 1.99. The number of benzene rings is 2. The molecule has 0 spiro atoms. The Kier molecular flexibility index (Phi) is 2.42. The number of aryl methyl sites for hydroxylation is 1. The van der Waals surface area contributed by atoms with E-state index in [0.717, 1.165) is 22.4 Å². The van der Waals surface area contributed by atoms with Crippen LogP contribution in [0.3, 0.4) is 0 Å². The minimum Gasteiger partial charge on any atom is -0.398 e. The second-order valence-corrected chi connectivity index (χ2v) is 3.58. The van der Waals surface area contributed by atoms with Crippen LogP contribution in [0.2, 0.25) is 0 Å². The van der Waals surface area contributed by atoms with Crippen molar-refractivity contribution in [1.29, 1.82) is 0 Å². The Morgan fingerprint density at radius 1 is 1.00 bits per heavy atom. The average molecular weight is 201 g/mol. The first-order valence-corrected chi connectivity index (χ1v) is 4.79. The molecule has 2 aromatic carbocycles. The average Bonchev–Trinajstić information content (AvgIpc) is 2.22. The molecule has 0 aromatic heterocycles. The monoisotopic (exact) mass is 201 g/mol. The van der Waals surface area contributed by atoms with E-state index in [0.29, 0.717) is 0 Å². The van der Waals surface area contributed by atoms with Gasteiger partial charge in [-0.15, -0.1) is 0 Å². The number of halogens is 1. The summed E-state index contributed by atoms with van der Waals surface area (Å²) in [6.07, 6.45) is 0. The van der Waals surface area contributed by atoms with Crippen molar-refractivity contribution in [3.63, 3.8) is 0 Å². The van der Waals surface area contributed by atoms with Crippen molar-refractivity contribution in [2.24, 2.45) is 0 Å². The summed E-state index contributed by atoms with van der Waals surface area (Å²) >= 11 is 0. The summed E-state index contributed by atoms with van der Waals surface area (Å²) in [6.45, 7) is 1.95. The highest BCUT2D eigenvalue weighted by Gasteiger charge is 2.00. The molecule has 0 aliphatic heterocycles. The summed E-state index contributed by atoms with van der Waals surface area (Å²) in [5.41, 5.74) is 9.36. The quantitative estimate of drug-likeness (QED) is 0.703. The number of hydrogen-bond donors (Lipinski definition) is 1. The fourth-order valence-corrected chi connectivity index (χ4v) is 1.49. The highest BCUT2D eigenvalue weighted by Crippen LogP contribution is 2.23. The van der Waals surface area contributed by atoms with Gasteiger partial charge in [0.1, 0.15) is 5.82 Å². The van der Waals surface area contributed by atoms with Crippen LogP contribution in [0, 0.1) is 12.7 Å². The molecule has 0 saturated carbocycles. The topological polar surface area (TPSA) is 26.0 Å². The van der Waals surface area contributed by atoms with E-state index in [9.17, 15) is 4.39 Å². The second kappa shape index (κ2) is 3.73. The number of nitrogen functional groups attached to an aromatic ring is 1. The van der Waals surface area contributed by atoms with Crippen LogP contribution in [0.25, 0.3) is 11.1 Å². The molecule has 0 amide bonds. The van der Waals surface area contributed by atoms with Gasteiger partial charge in [-0.05, 0) is 41.8 Å². The number of nitrogens with two attached hydrogens (primary N) is 1. The zero-order valence-electron chi connectivity index (χ0n) is 8.50. The molecule has 0 heterocycles. The van der Waals surface area contributed by atoms with E-state index in [1.807, 2.05) is 31.2 Å². The van der Waals surface area contributed by atoms with Crippen LogP contribution in [0.4, 0.5) is 10.1 Å². The molecule has 0 fully saturated rings. The minimum atomic E-state index is -0.230. The third-order valence-electron chi connectivity index (χ3n) is 2.44. The van der Waals surface area contributed by atoms with E-state index in [4.69, 9.17) is 5.73 Å². The number of rotatable bonds is 1. The van der Waals surface area contributed by atoms with E-state index >= 15 is 0 Å². The van der Waals surface area contributed by atoms with Gasteiger partial charge in [-0.2, -0.15) is 0 Å². The molecule has 0 aliphatic rings. The van der Waals surface area contributed by atoms with Crippen LogP contribution in [-0.4, -0.2) is 0 Å². The Morgan fingerprint density at radius 3 is 2.40 bits per heavy atom. The lowest BCUT2D eigenvalue weighted by atomic mass is 10.0. The lowest BCUT2D eigenvalue weighted by Gasteiger charge is -2.05. The Bertz CT molecular complexity index is 492. The Hall–Kier alpha value is -1.83. The molecular weight excluding hydrogens is 189 g/mol. The van der Waals surface area contributed by atoms with Crippen LogP contribution in [0.15, 0.2) is 42.5 Å². The van der Waals surface area contributed by atoms with Gasteiger partial charge in [0.2, 0.25) is 0 Å². The molecule has 15 heavy (non-hydrogen) atoms.